The van der Waals surface area contributed by atoms with Gasteiger partial charge in [-0.05, 0) is 48.6 Å². The molecule has 1 atom stereocenters. The molecule has 1 N–H and O–H groups in total. The normalized spacial score (nSPS) is 12.3. The Morgan fingerprint density at radius 2 is 1.55 bits per heavy atom. The smallest absolute Gasteiger partial charge is 0.0363 e. The van der Waals surface area contributed by atoms with Crippen LogP contribution in [0, 0.1) is 6.92 Å². The van der Waals surface area contributed by atoms with Gasteiger partial charge in [-0.15, -0.1) is 0 Å². The van der Waals surface area contributed by atoms with Crippen LogP contribution in [0.25, 0.3) is 0 Å². The fourth-order valence-corrected chi connectivity index (χ4v) is 2.66. The Morgan fingerprint density at radius 3 is 2.15 bits per heavy atom. The minimum Gasteiger partial charge on any atom is -0.310 e. The molecule has 0 aliphatic rings. The Kier molecular flexibility index (Phi) is 5.37. The molecule has 1 nitrogen and oxygen atoms in total. The molecule has 0 aromatic heterocycles. The van der Waals surface area contributed by atoms with Crippen molar-refractivity contribution in [3.05, 3.63) is 70.8 Å². The summed E-state index contributed by atoms with van der Waals surface area (Å²) in [6.45, 7) is 7.56. The molecule has 0 fully saturated rings. The second-order valence-electron chi connectivity index (χ2n) is 5.34. The molecule has 2 rings (SSSR count). The zero-order chi connectivity index (χ0) is 14.4. The highest BCUT2D eigenvalue weighted by Crippen LogP contribution is 2.22. The van der Waals surface area contributed by atoms with Crippen molar-refractivity contribution in [1.82, 2.24) is 5.32 Å². The molecule has 1 heteroatoms. The number of hydrogen-bond donors (Lipinski definition) is 1. The molecular weight excluding hydrogens is 242 g/mol. The number of likely N-dealkylation sites (N-methyl/N-ethyl adjacent to an activating group) is 1. The first kappa shape index (κ1) is 14.8. The Labute approximate surface area is 123 Å². The Bertz CT molecular complexity index is 528. The summed E-state index contributed by atoms with van der Waals surface area (Å²) in [4.78, 5) is 0. The third-order valence-electron chi connectivity index (χ3n) is 3.89. The van der Waals surface area contributed by atoms with Crippen LogP contribution in [0.15, 0.2) is 48.5 Å². The summed E-state index contributed by atoms with van der Waals surface area (Å²) in [5, 5.41) is 3.62. The fourth-order valence-electron chi connectivity index (χ4n) is 2.66. The molecular formula is C19H25N. The number of nitrogens with one attached hydrogen (secondary N) is 1. The Hall–Kier alpha value is -1.60. The second-order valence-corrected chi connectivity index (χ2v) is 5.34. The van der Waals surface area contributed by atoms with Crippen LogP contribution in [-0.4, -0.2) is 6.54 Å². The zero-order valence-electron chi connectivity index (χ0n) is 12.8. The summed E-state index contributed by atoms with van der Waals surface area (Å²) >= 11 is 0. The minimum atomic E-state index is 0.397. The molecule has 106 valence electrons. The molecule has 2 aromatic carbocycles. The van der Waals surface area contributed by atoms with E-state index in [2.05, 4.69) is 74.6 Å². The van der Waals surface area contributed by atoms with Crippen LogP contribution in [0.1, 0.15) is 42.1 Å². The van der Waals surface area contributed by atoms with Gasteiger partial charge in [0.15, 0.2) is 0 Å². The summed E-state index contributed by atoms with van der Waals surface area (Å²) in [5.41, 5.74) is 5.58. The molecule has 20 heavy (non-hydrogen) atoms. The van der Waals surface area contributed by atoms with Crippen molar-refractivity contribution in [2.24, 2.45) is 0 Å². The van der Waals surface area contributed by atoms with Gasteiger partial charge >= 0.3 is 0 Å². The maximum Gasteiger partial charge on any atom is 0.0363 e. The van der Waals surface area contributed by atoms with Crippen molar-refractivity contribution < 1.29 is 0 Å². The standard InChI is InChI=1S/C19H25N/c1-4-16-10-12-17(13-11-16)14-19(20-5-2)18-9-7-6-8-15(18)3/h6-13,19-20H,4-5,14H2,1-3H3. The van der Waals surface area contributed by atoms with Crippen LogP contribution in [-0.2, 0) is 12.8 Å². The molecule has 0 saturated heterocycles. The third kappa shape index (κ3) is 3.71. The quantitative estimate of drug-likeness (QED) is 0.815. The van der Waals surface area contributed by atoms with Gasteiger partial charge < -0.3 is 5.32 Å². The van der Waals surface area contributed by atoms with Gasteiger partial charge in [0.2, 0.25) is 0 Å². The SMILES string of the molecule is CCNC(Cc1ccc(CC)cc1)c1ccccc1C. The lowest BCUT2D eigenvalue weighted by Gasteiger charge is -2.20. The van der Waals surface area contributed by atoms with Crippen LogP contribution in [0.3, 0.4) is 0 Å². The maximum atomic E-state index is 3.62. The molecule has 0 saturated carbocycles. The van der Waals surface area contributed by atoms with Gasteiger partial charge in [0.25, 0.3) is 0 Å². The Balaban J connectivity index is 2.18. The van der Waals surface area contributed by atoms with E-state index >= 15 is 0 Å². The molecule has 0 heterocycles. The van der Waals surface area contributed by atoms with E-state index in [9.17, 15) is 0 Å². The molecule has 0 spiro atoms. The van der Waals surface area contributed by atoms with Crippen LogP contribution < -0.4 is 5.32 Å². The molecule has 0 bridgehead atoms. The van der Waals surface area contributed by atoms with Gasteiger partial charge in [-0.25, -0.2) is 0 Å². The van der Waals surface area contributed by atoms with Crippen molar-refractivity contribution in [1.29, 1.82) is 0 Å². The van der Waals surface area contributed by atoms with Crippen LogP contribution in [0.4, 0.5) is 0 Å². The topological polar surface area (TPSA) is 12.0 Å². The lowest BCUT2D eigenvalue weighted by atomic mass is 9.95. The fraction of sp³-hybridized carbons (Fsp3) is 0.368. The van der Waals surface area contributed by atoms with Crippen LogP contribution >= 0.6 is 0 Å². The second kappa shape index (κ2) is 7.25. The van der Waals surface area contributed by atoms with Gasteiger partial charge in [-0.3, -0.25) is 0 Å². The van der Waals surface area contributed by atoms with Gasteiger partial charge in [0.05, 0.1) is 0 Å². The predicted molar refractivity (Wildman–Crippen MR) is 87.1 cm³/mol. The molecule has 0 aliphatic carbocycles. The number of benzene rings is 2. The first-order chi connectivity index (χ1) is 9.74. The highest BCUT2D eigenvalue weighted by Gasteiger charge is 2.12. The number of aryl methyl sites for hydroxylation is 2. The van der Waals surface area contributed by atoms with Crippen LogP contribution in [0.5, 0.6) is 0 Å². The van der Waals surface area contributed by atoms with Crippen molar-refractivity contribution in [2.75, 3.05) is 6.54 Å². The Morgan fingerprint density at radius 1 is 0.900 bits per heavy atom. The van der Waals surface area contributed by atoms with E-state index < -0.39 is 0 Å². The third-order valence-corrected chi connectivity index (χ3v) is 3.89. The average molecular weight is 267 g/mol. The summed E-state index contributed by atoms with van der Waals surface area (Å²) in [6, 6.07) is 18.1. The highest BCUT2D eigenvalue weighted by atomic mass is 14.9. The van der Waals surface area contributed by atoms with E-state index in [0.29, 0.717) is 6.04 Å². The lowest BCUT2D eigenvalue weighted by molar-refractivity contribution is 0.547. The van der Waals surface area contributed by atoms with Crippen LogP contribution in [0.2, 0.25) is 0 Å². The maximum absolute atomic E-state index is 3.62. The van der Waals surface area contributed by atoms with Crippen molar-refractivity contribution in [2.45, 2.75) is 39.7 Å². The largest absolute Gasteiger partial charge is 0.310 e. The number of hydrogen-bond acceptors (Lipinski definition) is 1. The van der Waals surface area contributed by atoms with Gasteiger partial charge in [0.1, 0.15) is 0 Å². The molecule has 0 amide bonds. The number of rotatable bonds is 6. The molecule has 1 unspecified atom stereocenters. The summed E-state index contributed by atoms with van der Waals surface area (Å²) in [6.07, 6.45) is 2.15. The van der Waals surface area contributed by atoms with E-state index in [0.717, 1.165) is 19.4 Å². The molecule has 0 aliphatic heterocycles. The van der Waals surface area contributed by atoms with Crippen molar-refractivity contribution in [3.8, 4) is 0 Å². The van der Waals surface area contributed by atoms with Gasteiger partial charge in [0, 0.05) is 6.04 Å². The highest BCUT2D eigenvalue weighted by molar-refractivity contribution is 5.31. The van der Waals surface area contributed by atoms with E-state index in [1.165, 1.54) is 22.3 Å². The first-order valence-corrected chi connectivity index (χ1v) is 7.61. The average Bonchev–Trinajstić information content (AvgIpc) is 2.48. The zero-order valence-corrected chi connectivity index (χ0v) is 12.8. The molecule has 2 aromatic rings. The van der Waals surface area contributed by atoms with E-state index in [1.54, 1.807) is 0 Å². The first-order valence-electron chi connectivity index (χ1n) is 7.61. The van der Waals surface area contributed by atoms with E-state index in [-0.39, 0.29) is 0 Å². The van der Waals surface area contributed by atoms with E-state index in [4.69, 9.17) is 0 Å². The summed E-state index contributed by atoms with van der Waals surface area (Å²) < 4.78 is 0. The summed E-state index contributed by atoms with van der Waals surface area (Å²) in [5.74, 6) is 0. The summed E-state index contributed by atoms with van der Waals surface area (Å²) in [7, 11) is 0. The van der Waals surface area contributed by atoms with Gasteiger partial charge in [-0.2, -0.15) is 0 Å². The van der Waals surface area contributed by atoms with Gasteiger partial charge in [-0.1, -0.05) is 62.4 Å². The predicted octanol–water partition coefficient (Wildman–Crippen LogP) is 4.45. The lowest BCUT2D eigenvalue weighted by Crippen LogP contribution is -2.23. The van der Waals surface area contributed by atoms with E-state index in [1.807, 2.05) is 0 Å². The minimum absolute atomic E-state index is 0.397. The molecule has 0 radical (unpaired) electrons. The van der Waals surface area contributed by atoms with Crippen molar-refractivity contribution >= 4 is 0 Å². The monoisotopic (exact) mass is 267 g/mol. The van der Waals surface area contributed by atoms with Crippen molar-refractivity contribution in [3.63, 3.8) is 0 Å².